The van der Waals surface area contributed by atoms with Gasteiger partial charge in [0.05, 0.1) is 5.39 Å². The Labute approximate surface area is 197 Å². The van der Waals surface area contributed by atoms with E-state index in [4.69, 9.17) is 4.42 Å². The lowest BCUT2D eigenvalue weighted by Gasteiger charge is -2.28. The highest BCUT2D eigenvalue weighted by Crippen LogP contribution is 2.38. The van der Waals surface area contributed by atoms with Gasteiger partial charge in [0.25, 0.3) is 0 Å². The molecule has 1 aromatic heterocycles. The van der Waals surface area contributed by atoms with Crippen LogP contribution < -0.4 is 5.63 Å². The number of unbranched alkanes of at least 4 members (excludes halogenated alkanes) is 5. The number of benzene rings is 2. The highest BCUT2D eigenvalue weighted by molar-refractivity contribution is 6.04. The monoisotopic (exact) mass is 450 g/mol. The molecule has 3 heteroatoms. The number of hydrogen-bond donors (Lipinski definition) is 0. The molecule has 2 nitrogen and oxygen atoms in total. The zero-order chi connectivity index (χ0) is 23.2. The topological polar surface area (TPSA) is 30.2 Å². The summed E-state index contributed by atoms with van der Waals surface area (Å²) in [5.41, 5.74) is 1.57. The van der Waals surface area contributed by atoms with Crippen molar-refractivity contribution in [2.75, 3.05) is 0 Å². The third-order valence-corrected chi connectivity index (χ3v) is 7.74. The van der Waals surface area contributed by atoms with Crippen LogP contribution in [0.2, 0.25) is 0 Å². The van der Waals surface area contributed by atoms with Gasteiger partial charge in [0, 0.05) is 10.8 Å². The summed E-state index contributed by atoms with van der Waals surface area (Å²) in [4.78, 5) is 12.9. The maximum absolute atomic E-state index is 15.2. The first-order valence-corrected chi connectivity index (χ1v) is 13.3. The summed E-state index contributed by atoms with van der Waals surface area (Å²) in [6.45, 7) is 4.47. The SMILES string of the molecule is CCCCCCCCc1ccc2c(oc(=O)c3cc(C4CCC(CCC)CC4)ccc32)c1F. The molecule has 0 spiro atoms. The van der Waals surface area contributed by atoms with E-state index in [1.54, 1.807) is 0 Å². The average Bonchev–Trinajstić information content (AvgIpc) is 2.83. The van der Waals surface area contributed by atoms with E-state index in [9.17, 15) is 4.79 Å². The fourth-order valence-corrected chi connectivity index (χ4v) is 5.76. The van der Waals surface area contributed by atoms with Gasteiger partial charge in [-0.15, -0.1) is 0 Å². The van der Waals surface area contributed by atoms with Gasteiger partial charge in [-0.25, -0.2) is 9.18 Å². The Morgan fingerprint density at radius 2 is 1.58 bits per heavy atom. The van der Waals surface area contributed by atoms with Crippen molar-refractivity contribution in [2.45, 2.75) is 103 Å². The van der Waals surface area contributed by atoms with Crippen LogP contribution in [0.25, 0.3) is 21.7 Å². The summed E-state index contributed by atoms with van der Waals surface area (Å²) >= 11 is 0. The number of hydrogen-bond acceptors (Lipinski definition) is 2. The number of rotatable bonds is 10. The molecule has 1 heterocycles. The van der Waals surface area contributed by atoms with E-state index >= 15 is 4.39 Å². The second-order valence-electron chi connectivity index (χ2n) is 10.1. The normalized spacial score (nSPS) is 18.9. The minimum Gasteiger partial charge on any atom is -0.419 e. The number of halogens is 1. The lowest BCUT2D eigenvalue weighted by molar-refractivity contribution is 0.308. The van der Waals surface area contributed by atoms with Crippen molar-refractivity contribution in [3.8, 4) is 0 Å². The van der Waals surface area contributed by atoms with E-state index in [1.807, 2.05) is 24.3 Å². The van der Waals surface area contributed by atoms with Crippen LogP contribution in [-0.4, -0.2) is 0 Å². The lowest BCUT2D eigenvalue weighted by Crippen LogP contribution is -2.13. The van der Waals surface area contributed by atoms with Gasteiger partial charge in [0.2, 0.25) is 0 Å². The lowest BCUT2D eigenvalue weighted by atomic mass is 9.77. The van der Waals surface area contributed by atoms with Gasteiger partial charge in [0.1, 0.15) is 0 Å². The molecular formula is C30H39FO2. The van der Waals surface area contributed by atoms with Crippen LogP contribution >= 0.6 is 0 Å². The van der Waals surface area contributed by atoms with Gasteiger partial charge in [-0.3, -0.25) is 0 Å². The third kappa shape index (κ3) is 5.50. The Kier molecular flexibility index (Phi) is 8.22. The first-order chi connectivity index (χ1) is 16.1. The van der Waals surface area contributed by atoms with Gasteiger partial charge < -0.3 is 4.42 Å². The first-order valence-electron chi connectivity index (χ1n) is 13.3. The standard InChI is InChI=1S/C30H39FO2/c1-3-5-6-7-8-9-11-23-16-19-26-25-18-17-24(22-14-12-21(10-4-2)13-15-22)20-27(25)30(32)33-29(26)28(23)31/h16-22H,3-15H2,1-2H3. The summed E-state index contributed by atoms with van der Waals surface area (Å²) in [6.07, 6.45) is 15.2. The van der Waals surface area contributed by atoms with Gasteiger partial charge in [-0.05, 0) is 67.6 Å². The second kappa shape index (κ2) is 11.3. The fraction of sp³-hybridized carbons (Fsp3) is 0.567. The predicted octanol–water partition coefficient (Wildman–Crippen LogP) is 9.06. The molecule has 3 aromatic rings. The highest BCUT2D eigenvalue weighted by Gasteiger charge is 2.23. The number of fused-ring (bicyclic) bond motifs is 3. The molecular weight excluding hydrogens is 411 g/mol. The van der Waals surface area contributed by atoms with Crippen LogP contribution in [0.4, 0.5) is 4.39 Å². The molecule has 0 saturated heterocycles. The fourth-order valence-electron chi connectivity index (χ4n) is 5.76. The molecule has 0 unspecified atom stereocenters. The van der Waals surface area contributed by atoms with Gasteiger partial charge in [0.15, 0.2) is 11.4 Å². The first kappa shape index (κ1) is 24.0. The molecule has 0 radical (unpaired) electrons. The Morgan fingerprint density at radius 3 is 2.33 bits per heavy atom. The van der Waals surface area contributed by atoms with E-state index < -0.39 is 5.63 Å². The smallest absolute Gasteiger partial charge is 0.344 e. The predicted molar refractivity (Wildman–Crippen MR) is 137 cm³/mol. The Balaban J connectivity index is 1.54. The van der Waals surface area contributed by atoms with Crippen LogP contribution in [0.15, 0.2) is 39.5 Å². The largest absolute Gasteiger partial charge is 0.419 e. The van der Waals surface area contributed by atoms with E-state index in [2.05, 4.69) is 19.9 Å². The zero-order valence-corrected chi connectivity index (χ0v) is 20.4. The minimum absolute atomic E-state index is 0.115. The molecule has 33 heavy (non-hydrogen) atoms. The molecule has 1 fully saturated rings. The van der Waals surface area contributed by atoms with Crippen molar-refractivity contribution < 1.29 is 8.81 Å². The van der Waals surface area contributed by atoms with Gasteiger partial charge >= 0.3 is 5.63 Å². The highest BCUT2D eigenvalue weighted by atomic mass is 19.1. The number of aryl methyl sites for hydroxylation is 1. The Hall–Kier alpha value is -2.16. The van der Waals surface area contributed by atoms with Gasteiger partial charge in [-0.1, -0.05) is 83.1 Å². The van der Waals surface area contributed by atoms with Gasteiger partial charge in [-0.2, -0.15) is 0 Å². The van der Waals surface area contributed by atoms with E-state index in [1.165, 1.54) is 69.8 Å². The van der Waals surface area contributed by atoms with Crippen LogP contribution in [0.1, 0.15) is 108 Å². The van der Waals surface area contributed by atoms with Crippen LogP contribution in [0.5, 0.6) is 0 Å². The molecule has 0 bridgehead atoms. The summed E-state index contributed by atoms with van der Waals surface area (Å²) in [5.74, 6) is 1.00. The van der Waals surface area contributed by atoms with Crippen molar-refractivity contribution >= 4 is 21.7 Å². The zero-order valence-electron chi connectivity index (χ0n) is 20.4. The van der Waals surface area contributed by atoms with E-state index in [-0.39, 0.29) is 11.4 Å². The molecule has 178 valence electrons. The second-order valence-corrected chi connectivity index (χ2v) is 10.1. The van der Waals surface area contributed by atoms with E-state index in [0.717, 1.165) is 24.1 Å². The molecule has 4 rings (SSSR count). The maximum atomic E-state index is 15.2. The van der Waals surface area contributed by atoms with Crippen molar-refractivity contribution in [3.05, 3.63) is 57.7 Å². The molecule has 1 aliphatic rings. The summed E-state index contributed by atoms with van der Waals surface area (Å²) in [5, 5.41) is 2.08. The molecule has 0 N–H and O–H groups in total. The molecule has 1 saturated carbocycles. The maximum Gasteiger partial charge on any atom is 0.344 e. The summed E-state index contributed by atoms with van der Waals surface area (Å²) in [6, 6.07) is 9.98. The minimum atomic E-state index is -0.422. The average molecular weight is 451 g/mol. The quantitative estimate of drug-likeness (QED) is 0.175. The Bertz CT molecular complexity index is 1120. The molecule has 0 aliphatic heterocycles. The van der Waals surface area contributed by atoms with Crippen LogP contribution in [0.3, 0.4) is 0 Å². The van der Waals surface area contributed by atoms with E-state index in [0.29, 0.717) is 28.7 Å². The molecule has 1 aliphatic carbocycles. The summed E-state index contributed by atoms with van der Waals surface area (Å²) < 4.78 is 20.8. The molecule has 0 atom stereocenters. The van der Waals surface area contributed by atoms with Crippen molar-refractivity contribution in [1.29, 1.82) is 0 Å². The third-order valence-electron chi connectivity index (χ3n) is 7.74. The van der Waals surface area contributed by atoms with Crippen molar-refractivity contribution in [2.24, 2.45) is 5.92 Å². The molecule has 0 amide bonds. The van der Waals surface area contributed by atoms with Crippen molar-refractivity contribution in [3.63, 3.8) is 0 Å². The van der Waals surface area contributed by atoms with Crippen molar-refractivity contribution in [1.82, 2.24) is 0 Å². The summed E-state index contributed by atoms with van der Waals surface area (Å²) in [7, 11) is 0. The van der Waals surface area contributed by atoms with Crippen LogP contribution in [-0.2, 0) is 6.42 Å². The molecule has 2 aromatic carbocycles. The Morgan fingerprint density at radius 1 is 0.848 bits per heavy atom. The van der Waals surface area contributed by atoms with Crippen LogP contribution in [0, 0.1) is 11.7 Å².